The minimum absolute atomic E-state index is 0.213. The van der Waals surface area contributed by atoms with Crippen LogP contribution in [-0.4, -0.2) is 17.0 Å². The first-order chi connectivity index (χ1) is 6.49. The molecule has 0 aromatic heterocycles. The van der Waals surface area contributed by atoms with Crippen LogP contribution in [0.25, 0.3) is 10.4 Å². The molecule has 0 saturated carbocycles. The van der Waals surface area contributed by atoms with E-state index in [1.807, 2.05) is 13.8 Å². The fourth-order valence-corrected chi connectivity index (χ4v) is 0.966. The van der Waals surface area contributed by atoms with E-state index in [2.05, 4.69) is 10.0 Å². The van der Waals surface area contributed by atoms with Crippen LogP contribution in [0.4, 0.5) is 0 Å². The van der Waals surface area contributed by atoms with Crippen LogP contribution in [0.3, 0.4) is 0 Å². The van der Waals surface area contributed by atoms with Gasteiger partial charge in [-0.05, 0) is 29.4 Å². The van der Waals surface area contributed by atoms with Crippen LogP contribution in [0.15, 0.2) is 5.11 Å². The summed E-state index contributed by atoms with van der Waals surface area (Å²) in [6, 6.07) is 0. The van der Waals surface area contributed by atoms with Crippen LogP contribution in [0.5, 0.6) is 0 Å². The minimum Gasteiger partial charge on any atom is -0.481 e. The normalized spacial score (nSPS) is 11.9. The molecule has 0 aliphatic carbocycles. The fourth-order valence-electron chi connectivity index (χ4n) is 0.966. The Bertz CT molecular complexity index is 269. The number of nitrogens with zero attached hydrogens (tertiary/aromatic N) is 3. The van der Waals surface area contributed by atoms with Crippen molar-refractivity contribution in [2.24, 2.45) is 17.0 Å². The van der Waals surface area contributed by atoms with Gasteiger partial charge in [0.15, 0.2) is 0 Å². The third-order valence-corrected chi connectivity index (χ3v) is 1.77. The molecule has 0 aliphatic heterocycles. The van der Waals surface area contributed by atoms with E-state index >= 15 is 0 Å². The zero-order chi connectivity index (χ0) is 11.1. The average Bonchev–Trinajstić information content (AvgIpc) is 2.03. The standard InChI is InChI=1S/C8H13N3O3/c1-5(2)3-4-6(8(13)14)7(12)10-11-9/h5-6H,3-4H2,1-2H3,(H,13,14). The Kier molecular flexibility index (Phi) is 5.33. The molecule has 1 unspecified atom stereocenters. The third-order valence-electron chi connectivity index (χ3n) is 1.77. The lowest BCUT2D eigenvalue weighted by atomic mass is 9.97. The number of carbonyl (C=O) groups excluding carboxylic acids is 1. The second-order valence-corrected chi connectivity index (χ2v) is 3.39. The van der Waals surface area contributed by atoms with Gasteiger partial charge in [-0.2, -0.15) is 0 Å². The van der Waals surface area contributed by atoms with Gasteiger partial charge < -0.3 is 5.11 Å². The van der Waals surface area contributed by atoms with Crippen LogP contribution in [-0.2, 0) is 9.59 Å². The van der Waals surface area contributed by atoms with Crippen molar-refractivity contribution in [1.29, 1.82) is 0 Å². The van der Waals surface area contributed by atoms with E-state index in [-0.39, 0.29) is 6.42 Å². The Morgan fingerprint density at radius 2 is 2.00 bits per heavy atom. The number of carboxylic acids is 1. The molecule has 14 heavy (non-hydrogen) atoms. The molecule has 0 aromatic carbocycles. The first kappa shape index (κ1) is 12.4. The maximum atomic E-state index is 11.0. The molecule has 1 amide bonds. The summed E-state index contributed by atoms with van der Waals surface area (Å²) in [6.45, 7) is 3.86. The van der Waals surface area contributed by atoms with E-state index < -0.39 is 17.8 Å². The average molecular weight is 199 g/mol. The van der Waals surface area contributed by atoms with Gasteiger partial charge >= 0.3 is 5.97 Å². The molecule has 6 heteroatoms. The lowest BCUT2D eigenvalue weighted by Crippen LogP contribution is -2.22. The van der Waals surface area contributed by atoms with Crippen molar-refractivity contribution in [1.82, 2.24) is 0 Å². The maximum Gasteiger partial charge on any atom is 0.314 e. The number of hydrogen-bond acceptors (Lipinski definition) is 2. The summed E-state index contributed by atoms with van der Waals surface area (Å²) in [4.78, 5) is 23.9. The highest BCUT2D eigenvalue weighted by Gasteiger charge is 2.24. The van der Waals surface area contributed by atoms with E-state index in [1.54, 1.807) is 0 Å². The van der Waals surface area contributed by atoms with E-state index in [9.17, 15) is 9.59 Å². The highest BCUT2D eigenvalue weighted by atomic mass is 16.4. The zero-order valence-electron chi connectivity index (χ0n) is 8.17. The first-order valence-corrected chi connectivity index (χ1v) is 4.30. The van der Waals surface area contributed by atoms with Crippen molar-refractivity contribution in [2.45, 2.75) is 26.7 Å². The summed E-state index contributed by atoms with van der Waals surface area (Å²) in [7, 11) is 0. The monoisotopic (exact) mass is 199 g/mol. The van der Waals surface area contributed by atoms with Crippen molar-refractivity contribution >= 4 is 11.9 Å². The lowest BCUT2D eigenvalue weighted by molar-refractivity contribution is -0.146. The maximum absolute atomic E-state index is 11.0. The largest absolute Gasteiger partial charge is 0.481 e. The Labute approximate surface area is 81.5 Å². The summed E-state index contributed by atoms with van der Waals surface area (Å²) >= 11 is 0. The zero-order valence-corrected chi connectivity index (χ0v) is 8.17. The van der Waals surface area contributed by atoms with Crippen LogP contribution in [0.1, 0.15) is 26.7 Å². The smallest absolute Gasteiger partial charge is 0.314 e. The predicted octanol–water partition coefficient (Wildman–Crippen LogP) is 1.96. The van der Waals surface area contributed by atoms with Crippen LogP contribution in [0, 0.1) is 11.8 Å². The van der Waals surface area contributed by atoms with Crippen molar-refractivity contribution in [2.75, 3.05) is 0 Å². The Morgan fingerprint density at radius 3 is 2.36 bits per heavy atom. The molecule has 0 rings (SSSR count). The van der Waals surface area contributed by atoms with Gasteiger partial charge in [0.1, 0.15) is 5.92 Å². The molecule has 0 bridgehead atoms. The van der Waals surface area contributed by atoms with Crippen LogP contribution in [0.2, 0.25) is 0 Å². The summed E-state index contributed by atoms with van der Waals surface area (Å²) < 4.78 is 0. The number of hydrogen-bond donors (Lipinski definition) is 1. The number of rotatable bonds is 5. The number of carbonyl (C=O) groups is 2. The van der Waals surface area contributed by atoms with Gasteiger partial charge in [-0.25, -0.2) is 0 Å². The second kappa shape index (κ2) is 5.99. The predicted molar refractivity (Wildman–Crippen MR) is 49.4 cm³/mol. The summed E-state index contributed by atoms with van der Waals surface area (Å²) in [5.41, 5.74) is 7.99. The van der Waals surface area contributed by atoms with Gasteiger partial charge in [0, 0.05) is 4.91 Å². The molecule has 6 nitrogen and oxygen atoms in total. The van der Waals surface area contributed by atoms with Crippen LogP contribution < -0.4 is 0 Å². The Morgan fingerprint density at radius 1 is 1.43 bits per heavy atom. The van der Waals surface area contributed by atoms with E-state index in [0.717, 1.165) is 0 Å². The number of azide groups is 1. The SMILES string of the molecule is CC(C)CCC(C(=O)O)C(=O)N=[N+]=[N-]. The molecule has 0 aliphatic rings. The molecule has 0 aromatic rings. The van der Waals surface area contributed by atoms with Gasteiger partial charge in [-0.3, -0.25) is 9.59 Å². The molecule has 0 fully saturated rings. The van der Waals surface area contributed by atoms with Crippen molar-refractivity contribution in [3.63, 3.8) is 0 Å². The topological polar surface area (TPSA) is 103 Å². The van der Waals surface area contributed by atoms with Crippen LogP contribution >= 0.6 is 0 Å². The Hall–Kier alpha value is -1.55. The lowest BCUT2D eigenvalue weighted by Gasteiger charge is -2.09. The molecular formula is C8H13N3O3. The Balaban J connectivity index is 4.37. The van der Waals surface area contributed by atoms with Crippen molar-refractivity contribution in [3.8, 4) is 0 Å². The highest BCUT2D eigenvalue weighted by Crippen LogP contribution is 2.14. The van der Waals surface area contributed by atoms with Crippen molar-refractivity contribution in [3.05, 3.63) is 10.4 Å². The molecule has 0 heterocycles. The molecular weight excluding hydrogens is 186 g/mol. The molecule has 1 N–H and O–H groups in total. The van der Waals surface area contributed by atoms with Gasteiger partial charge in [0.05, 0.1) is 0 Å². The van der Waals surface area contributed by atoms with Gasteiger partial charge in [-0.1, -0.05) is 13.8 Å². The second-order valence-electron chi connectivity index (χ2n) is 3.39. The molecule has 1 atom stereocenters. The fraction of sp³-hybridized carbons (Fsp3) is 0.750. The van der Waals surface area contributed by atoms with E-state index in [4.69, 9.17) is 10.6 Å². The number of aliphatic carboxylic acids is 1. The van der Waals surface area contributed by atoms with E-state index in [1.165, 1.54) is 0 Å². The quantitative estimate of drug-likeness (QED) is 0.316. The van der Waals surface area contributed by atoms with Crippen molar-refractivity contribution < 1.29 is 14.7 Å². The third kappa shape index (κ3) is 4.47. The molecule has 0 saturated heterocycles. The molecule has 0 radical (unpaired) electrons. The van der Waals surface area contributed by atoms with Gasteiger partial charge in [-0.15, -0.1) is 0 Å². The minimum atomic E-state index is -1.23. The first-order valence-electron chi connectivity index (χ1n) is 4.30. The molecule has 0 spiro atoms. The summed E-state index contributed by atoms with van der Waals surface area (Å²) in [6.07, 6.45) is 0.828. The van der Waals surface area contributed by atoms with Gasteiger partial charge in [0.2, 0.25) is 5.91 Å². The summed E-state index contributed by atoms with van der Waals surface area (Å²) in [5.74, 6) is -3.03. The molecule has 78 valence electrons. The van der Waals surface area contributed by atoms with Gasteiger partial charge in [0.25, 0.3) is 0 Å². The number of carboxylic acid groups (broad SMARTS) is 1. The number of amides is 1. The summed E-state index contributed by atoms with van der Waals surface area (Å²) in [5, 5.41) is 11.5. The highest BCUT2D eigenvalue weighted by molar-refractivity contribution is 5.97. The van der Waals surface area contributed by atoms with E-state index in [0.29, 0.717) is 12.3 Å².